The molecule has 4 heteroatoms. The number of nitrogens with zero attached hydrogens (tertiary/aromatic N) is 1. The molecule has 142 valence electrons. The number of carbonyl (C=O) groups excluding carboxylic acids is 1. The van der Waals surface area contributed by atoms with Crippen molar-refractivity contribution in [3.05, 3.63) is 42.0 Å². The number of amides is 1. The predicted octanol–water partition coefficient (Wildman–Crippen LogP) is 4.90. The van der Waals surface area contributed by atoms with E-state index in [9.17, 15) is 4.79 Å². The maximum absolute atomic E-state index is 12.6. The zero-order valence-corrected chi connectivity index (χ0v) is 16.4. The lowest BCUT2D eigenvalue weighted by Crippen LogP contribution is -2.22. The van der Waals surface area contributed by atoms with Gasteiger partial charge in [-0.15, -0.1) is 0 Å². The SMILES string of the molecule is CC(C)Oc1ccc2ccccc2c1/C=N\NC(=O)[C@@H]1[C@@H]2CCCC[C@]12C. The lowest BCUT2D eigenvalue weighted by molar-refractivity contribution is -0.123. The molecule has 0 radical (unpaired) electrons. The predicted molar refractivity (Wildman–Crippen MR) is 109 cm³/mol. The number of nitrogens with one attached hydrogen (secondary N) is 1. The highest BCUT2D eigenvalue weighted by atomic mass is 16.5. The fourth-order valence-corrected chi connectivity index (χ4v) is 4.85. The molecule has 4 nitrogen and oxygen atoms in total. The molecule has 0 spiro atoms. The van der Waals surface area contributed by atoms with E-state index in [2.05, 4.69) is 35.7 Å². The van der Waals surface area contributed by atoms with Crippen LogP contribution in [0.4, 0.5) is 0 Å². The smallest absolute Gasteiger partial charge is 0.244 e. The first-order valence-corrected chi connectivity index (χ1v) is 10.0. The van der Waals surface area contributed by atoms with Gasteiger partial charge >= 0.3 is 0 Å². The van der Waals surface area contributed by atoms with Gasteiger partial charge in [0.2, 0.25) is 5.91 Å². The molecule has 2 aromatic rings. The fourth-order valence-electron chi connectivity index (χ4n) is 4.85. The molecule has 1 N–H and O–H groups in total. The van der Waals surface area contributed by atoms with Gasteiger partial charge in [0.25, 0.3) is 0 Å². The van der Waals surface area contributed by atoms with Crippen molar-refractivity contribution in [2.75, 3.05) is 0 Å². The minimum atomic E-state index is 0.0622. The Bertz CT molecular complexity index is 889. The summed E-state index contributed by atoms with van der Waals surface area (Å²) in [7, 11) is 0. The first-order valence-electron chi connectivity index (χ1n) is 10.0. The van der Waals surface area contributed by atoms with E-state index in [1.165, 1.54) is 19.3 Å². The lowest BCUT2D eigenvalue weighted by Gasteiger charge is -2.15. The molecule has 27 heavy (non-hydrogen) atoms. The van der Waals surface area contributed by atoms with Crippen LogP contribution in [-0.4, -0.2) is 18.2 Å². The van der Waals surface area contributed by atoms with E-state index in [1.807, 2.05) is 32.0 Å². The van der Waals surface area contributed by atoms with Gasteiger partial charge in [-0.1, -0.05) is 50.1 Å². The molecule has 2 fully saturated rings. The van der Waals surface area contributed by atoms with Gasteiger partial charge in [-0.05, 0) is 54.9 Å². The summed E-state index contributed by atoms with van der Waals surface area (Å²) in [6.07, 6.45) is 6.63. The van der Waals surface area contributed by atoms with Crippen LogP contribution in [0, 0.1) is 17.3 Å². The van der Waals surface area contributed by atoms with Crippen LogP contribution < -0.4 is 10.2 Å². The maximum Gasteiger partial charge on any atom is 0.244 e. The van der Waals surface area contributed by atoms with Gasteiger partial charge in [0.1, 0.15) is 5.75 Å². The largest absolute Gasteiger partial charge is 0.490 e. The van der Waals surface area contributed by atoms with Gasteiger partial charge in [0.15, 0.2) is 0 Å². The van der Waals surface area contributed by atoms with Crippen LogP contribution in [-0.2, 0) is 4.79 Å². The Labute approximate surface area is 161 Å². The van der Waals surface area contributed by atoms with E-state index in [4.69, 9.17) is 4.74 Å². The van der Waals surface area contributed by atoms with Crippen LogP contribution >= 0.6 is 0 Å². The molecule has 0 bridgehead atoms. The van der Waals surface area contributed by atoms with E-state index >= 15 is 0 Å². The van der Waals surface area contributed by atoms with E-state index in [1.54, 1.807) is 6.21 Å². The second kappa shape index (κ2) is 6.99. The minimum absolute atomic E-state index is 0.0622. The molecule has 2 aliphatic rings. The first kappa shape index (κ1) is 18.0. The molecular weight excluding hydrogens is 336 g/mol. The molecule has 3 atom stereocenters. The highest BCUT2D eigenvalue weighted by Gasteiger charge is 2.64. The standard InChI is InChI=1S/C23H28N2O2/c1-15(2)27-20-12-11-16-8-4-5-9-17(16)18(20)14-24-25-22(26)21-19-10-6-7-13-23(19,21)3/h4-5,8-9,11-12,14-15,19,21H,6-7,10,13H2,1-3H3,(H,25,26)/b24-14-/t19-,21-,23-/m0/s1. The van der Waals surface area contributed by atoms with E-state index < -0.39 is 0 Å². The van der Waals surface area contributed by atoms with Gasteiger partial charge in [-0.25, -0.2) is 5.43 Å². The third-order valence-electron chi connectivity index (χ3n) is 6.28. The molecule has 4 rings (SSSR count). The Hall–Kier alpha value is -2.36. The van der Waals surface area contributed by atoms with Crippen LogP contribution in [0.5, 0.6) is 5.75 Å². The summed E-state index contributed by atoms with van der Waals surface area (Å²) < 4.78 is 5.96. The Balaban J connectivity index is 1.54. The van der Waals surface area contributed by atoms with E-state index in [0.29, 0.717) is 5.92 Å². The highest BCUT2D eigenvalue weighted by molar-refractivity contribution is 6.02. The summed E-state index contributed by atoms with van der Waals surface area (Å²) in [5.41, 5.74) is 3.90. The molecule has 0 aliphatic heterocycles. The number of carbonyl (C=O) groups is 1. The topological polar surface area (TPSA) is 50.7 Å². The van der Waals surface area contributed by atoms with Crippen LogP contribution in [0.1, 0.15) is 52.0 Å². The normalized spacial score (nSPS) is 27.0. The summed E-state index contributed by atoms with van der Waals surface area (Å²) in [6, 6.07) is 12.2. The van der Waals surface area contributed by atoms with Gasteiger partial charge in [-0.2, -0.15) is 5.10 Å². The quantitative estimate of drug-likeness (QED) is 0.606. The summed E-state index contributed by atoms with van der Waals surface area (Å²) in [5, 5.41) is 6.50. The van der Waals surface area contributed by atoms with Crippen molar-refractivity contribution in [1.29, 1.82) is 0 Å². The van der Waals surface area contributed by atoms with E-state index in [-0.39, 0.29) is 23.3 Å². The lowest BCUT2D eigenvalue weighted by atomic mass is 9.90. The Morgan fingerprint density at radius 3 is 2.81 bits per heavy atom. The summed E-state index contributed by atoms with van der Waals surface area (Å²) in [4.78, 5) is 12.6. The number of rotatable bonds is 5. The molecule has 2 aromatic carbocycles. The molecule has 0 saturated heterocycles. The van der Waals surface area contributed by atoms with Crippen molar-refractivity contribution in [2.24, 2.45) is 22.4 Å². The second-order valence-electron chi connectivity index (χ2n) is 8.44. The summed E-state index contributed by atoms with van der Waals surface area (Å²) >= 11 is 0. The molecule has 1 amide bonds. The monoisotopic (exact) mass is 364 g/mol. The zero-order valence-electron chi connectivity index (χ0n) is 16.4. The van der Waals surface area contributed by atoms with Crippen molar-refractivity contribution in [3.63, 3.8) is 0 Å². The Kier molecular flexibility index (Phi) is 4.67. The molecule has 0 heterocycles. The summed E-state index contributed by atoms with van der Waals surface area (Å²) in [6.45, 7) is 6.27. The van der Waals surface area contributed by atoms with Crippen molar-refractivity contribution in [3.8, 4) is 5.75 Å². The molecule has 0 unspecified atom stereocenters. The number of hydrogen-bond acceptors (Lipinski definition) is 3. The Morgan fingerprint density at radius 2 is 2.07 bits per heavy atom. The molecule has 0 aromatic heterocycles. The van der Waals surface area contributed by atoms with Gasteiger partial charge in [-0.3, -0.25) is 4.79 Å². The van der Waals surface area contributed by atoms with Gasteiger partial charge < -0.3 is 4.74 Å². The van der Waals surface area contributed by atoms with Crippen molar-refractivity contribution in [1.82, 2.24) is 5.43 Å². The van der Waals surface area contributed by atoms with Gasteiger partial charge in [0.05, 0.1) is 12.3 Å². The highest BCUT2D eigenvalue weighted by Crippen LogP contribution is 2.66. The minimum Gasteiger partial charge on any atom is -0.490 e. The second-order valence-corrected chi connectivity index (χ2v) is 8.44. The number of fused-ring (bicyclic) bond motifs is 2. The van der Waals surface area contributed by atoms with Crippen molar-refractivity contribution in [2.45, 2.75) is 52.6 Å². The average Bonchev–Trinajstić information content (AvgIpc) is 3.28. The van der Waals surface area contributed by atoms with Crippen LogP contribution in [0.3, 0.4) is 0 Å². The van der Waals surface area contributed by atoms with Crippen LogP contribution in [0.2, 0.25) is 0 Å². The van der Waals surface area contributed by atoms with Crippen molar-refractivity contribution >= 4 is 22.9 Å². The van der Waals surface area contributed by atoms with E-state index in [0.717, 1.165) is 28.5 Å². The molecular formula is C23H28N2O2. The zero-order chi connectivity index (χ0) is 19.0. The number of hydrazone groups is 1. The van der Waals surface area contributed by atoms with Crippen LogP contribution in [0.15, 0.2) is 41.5 Å². The Morgan fingerprint density at radius 1 is 1.26 bits per heavy atom. The summed E-state index contributed by atoms with van der Waals surface area (Å²) in [5.74, 6) is 1.51. The average molecular weight is 364 g/mol. The van der Waals surface area contributed by atoms with Crippen molar-refractivity contribution < 1.29 is 9.53 Å². The third kappa shape index (κ3) is 3.33. The van der Waals surface area contributed by atoms with Gasteiger partial charge in [0, 0.05) is 11.5 Å². The number of hydrogen-bond donors (Lipinski definition) is 1. The third-order valence-corrected chi connectivity index (χ3v) is 6.28. The molecule has 2 saturated carbocycles. The van der Waals surface area contributed by atoms with Crippen LogP contribution in [0.25, 0.3) is 10.8 Å². The number of ether oxygens (including phenoxy) is 1. The fraction of sp³-hybridized carbons (Fsp3) is 0.478. The number of benzene rings is 2. The molecule has 2 aliphatic carbocycles. The first-order chi connectivity index (χ1) is 13.0. The maximum atomic E-state index is 12.6.